The predicted molar refractivity (Wildman–Crippen MR) is 76.7 cm³/mol. The van der Waals surface area contributed by atoms with Crippen LogP contribution in [0, 0.1) is 5.92 Å². The topological polar surface area (TPSA) is 45.5 Å². The monoisotopic (exact) mass is 279 g/mol. The first-order chi connectivity index (χ1) is 9.20. The van der Waals surface area contributed by atoms with Crippen LogP contribution in [0.3, 0.4) is 0 Å². The molecule has 0 bridgehead atoms. The number of nitrogens with one attached hydrogen (secondary N) is 1. The van der Waals surface area contributed by atoms with Gasteiger partial charge in [-0.2, -0.15) is 4.98 Å². The van der Waals surface area contributed by atoms with Crippen LogP contribution in [0.1, 0.15) is 12.8 Å². The number of pyridine rings is 1. The Hall–Kier alpha value is -1.33. The summed E-state index contributed by atoms with van der Waals surface area (Å²) in [5.74, 6) is 1.40. The van der Waals surface area contributed by atoms with Crippen molar-refractivity contribution in [2.24, 2.45) is 5.92 Å². The van der Waals surface area contributed by atoms with Crippen LogP contribution < -0.4 is 5.32 Å². The minimum Gasteiger partial charge on any atom is -0.353 e. The maximum Gasteiger partial charge on any atom is 0.243 e. The molecule has 3 rings (SSSR count). The summed E-state index contributed by atoms with van der Waals surface area (Å²) in [6.07, 6.45) is 4.25. The van der Waals surface area contributed by atoms with Gasteiger partial charge in [0.15, 0.2) is 5.65 Å². The molecule has 6 heteroatoms. The van der Waals surface area contributed by atoms with E-state index in [0.717, 1.165) is 12.2 Å². The predicted octanol–water partition coefficient (Wildman–Crippen LogP) is 2.14. The molecule has 0 saturated carbocycles. The van der Waals surface area contributed by atoms with Crippen LogP contribution in [-0.4, -0.2) is 46.2 Å². The normalized spacial score (nSPS) is 18.0. The zero-order valence-corrected chi connectivity index (χ0v) is 11.8. The molecule has 0 radical (unpaired) electrons. The maximum absolute atomic E-state index is 5.93. The molecule has 0 amide bonds. The first kappa shape index (κ1) is 12.7. The summed E-state index contributed by atoms with van der Waals surface area (Å²) in [4.78, 5) is 6.80. The van der Waals surface area contributed by atoms with E-state index < -0.39 is 0 Å². The molecule has 1 aliphatic rings. The number of hydrogen-bond acceptors (Lipinski definition) is 4. The van der Waals surface area contributed by atoms with Gasteiger partial charge in [-0.15, -0.1) is 5.10 Å². The maximum atomic E-state index is 5.93. The van der Waals surface area contributed by atoms with Crippen molar-refractivity contribution in [1.82, 2.24) is 19.5 Å². The van der Waals surface area contributed by atoms with E-state index in [-0.39, 0.29) is 0 Å². The van der Waals surface area contributed by atoms with Crippen LogP contribution in [0.25, 0.3) is 5.65 Å². The Morgan fingerprint density at radius 3 is 2.95 bits per heavy atom. The number of anilines is 1. The highest BCUT2D eigenvalue weighted by molar-refractivity contribution is 6.30. The molecule has 3 heterocycles. The Kier molecular flexibility index (Phi) is 3.57. The standard InChI is InChI=1S/C13H18ClN5/c1-18-6-4-10(5-7-18)8-15-13-16-12-3-2-11(14)9-19(12)17-13/h2-3,9-10H,4-8H2,1H3,(H,15,17). The number of piperidine rings is 1. The van der Waals surface area contributed by atoms with Gasteiger partial charge in [-0.1, -0.05) is 11.6 Å². The molecular formula is C13H18ClN5. The van der Waals surface area contributed by atoms with Gasteiger partial charge in [-0.05, 0) is 51.0 Å². The van der Waals surface area contributed by atoms with Crippen LogP contribution in [-0.2, 0) is 0 Å². The first-order valence-corrected chi connectivity index (χ1v) is 7.03. The SMILES string of the molecule is CN1CCC(CNc2nc3ccc(Cl)cn3n2)CC1. The summed E-state index contributed by atoms with van der Waals surface area (Å²) < 4.78 is 1.71. The Labute approximate surface area is 117 Å². The average molecular weight is 280 g/mol. The third kappa shape index (κ3) is 2.98. The molecule has 0 spiro atoms. The van der Waals surface area contributed by atoms with E-state index in [4.69, 9.17) is 11.6 Å². The van der Waals surface area contributed by atoms with Crippen molar-refractivity contribution < 1.29 is 0 Å². The molecule has 1 N–H and O–H groups in total. The van der Waals surface area contributed by atoms with E-state index in [1.807, 2.05) is 12.1 Å². The highest BCUT2D eigenvalue weighted by atomic mass is 35.5. The first-order valence-electron chi connectivity index (χ1n) is 6.65. The lowest BCUT2D eigenvalue weighted by Gasteiger charge is -2.28. The van der Waals surface area contributed by atoms with Gasteiger partial charge in [0.1, 0.15) is 0 Å². The summed E-state index contributed by atoms with van der Waals surface area (Å²) in [6, 6.07) is 3.70. The van der Waals surface area contributed by atoms with E-state index in [1.165, 1.54) is 25.9 Å². The number of halogens is 1. The number of likely N-dealkylation sites (tertiary alicyclic amines) is 1. The van der Waals surface area contributed by atoms with Crippen molar-refractivity contribution in [3.05, 3.63) is 23.4 Å². The fourth-order valence-electron chi connectivity index (χ4n) is 2.43. The largest absolute Gasteiger partial charge is 0.353 e. The van der Waals surface area contributed by atoms with E-state index in [1.54, 1.807) is 10.7 Å². The molecule has 19 heavy (non-hydrogen) atoms. The molecule has 0 aromatic carbocycles. The van der Waals surface area contributed by atoms with Gasteiger partial charge in [-0.25, -0.2) is 4.52 Å². The van der Waals surface area contributed by atoms with Crippen molar-refractivity contribution >= 4 is 23.2 Å². The summed E-state index contributed by atoms with van der Waals surface area (Å²) >= 11 is 5.93. The smallest absolute Gasteiger partial charge is 0.243 e. The minimum absolute atomic E-state index is 0.666. The van der Waals surface area contributed by atoms with Crippen molar-refractivity contribution in [2.75, 3.05) is 32.0 Å². The van der Waals surface area contributed by atoms with E-state index >= 15 is 0 Å². The van der Waals surface area contributed by atoms with Crippen LogP contribution in [0.15, 0.2) is 18.3 Å². The highest BCUT2D eigenvalue weighted by Gasteiger charge is 2.16. The number of fused-ring (bicyclic) bond motifs is 1. The van der Waals surface area contributed by atoms with Gasteiger partial charge in [0, 0.05) is 12.7 Å². The second-order valence-electron chi connectivity index (χ2n) is 5.21. The van der Waals surface area contributed by atoms with E-state index in [9.17, 15) is 0 Å². The zero-order chi connectivity index (χ0) is 13.2. The lowest BCUT2D eigenvalue weighted by molar-refractivity contribution is 0.226. The van der Waals surface area contributed by atoms with E-state index in [2.05, 4.69) is 27.3 Å². The second-order valence-corrected chi connectivity index (χ2v) is 5.65. The Balaban J connectivity index is 1.62. The lowest BCUT2D eigenvalue weighted by atomic mass is 9.97. The lowest BCUT2D eigenvalue weighted by Crippen LogP contribution is -2.33. The number of aromatic nitrogens is 3. The van der Waals surface area contributed by atoms with Crippen LogP contribution in [0.2, 0.25) is 5.02 Å². The minimum atomic E-state index is 0.666. The molecule has 0 unspecified atom stereocenters. The van der Waals surface area contributed by atoms with Gasteiger partial charge >= 0.3 is 0 Å². The molecule has 0 atom stereocenters. The number of hydrogen-bond donors (Lipinski definition) is 1. The molecular weight excluding hydrogens is 262 g/mol. The molecule has 2 aromatic rings. The van der Waals surface area contributed by atoms with Gasteiger partial charge in [0.05, 0.1) is 5.02 Å². The van der Waals surface area contributed by atoms with Gasteiger partial charge in [0.2, 0.25) is 5.95 Å². The third-order valence-corrected chi connectivity index (χ3v) is 3.91. The molecule has 1 aliphatic heterocycles. The van der Waals surface area contributed by atoms with Crippen LogP contribution >= 0.6 is 11.6 Å². The Bertz CT molecular complexity index is 559. The summed E-state index contributed by atoms with van der Waals surface area (Å²) in [6.45, 7) is 3.31. The fourth-order valence-corrected chi connectivity index (χ4v) is 2.59. The fraction of sp³-hybridized carbons (Fsp3) is 0.538. The summed E-state index contributed by atoms with van der Waals surface area (Å²) in [7, 11) is 2.18. The number of nitrogens with zero attached hydrogens (tertiary/aromatic N) is 4. The molecule has 1 fully saturated rings. The van der Waals surface area contributed by atoms with Gasteiger partial charge in [0.25, 0.3) is 0 Å². The quantitative estimate of drug-likeness (QED) is 0.935. The van der Waals surface area contributed by atoms with Crippen molar-refractivity contribution in [3.63, 3.8) is 0 Å². The van der Waals surface area contributed by atoms with Crippen LogP contribution in [0.4, 0.5) is 5.95 Å². The molecule has 5 nitrogen and oxygen atoms in total. The summed E-state index contributed by atoms with van der Waals surface area (Å²) in [5, 5.41) is 8.37. The Morgan fingerprint density at radius 2 is 2.16 bits per heavy atom. The molecule has 0 aliphatic carbocycles. The van der Waals surface area contributed by atoms with E-state index in [0.29, 0.717) is 16.9 Å². The van der Waals surface area contributed by atoms with Gasteiger partial charge < -0.3 is 10.2 Å². The second kappa shape index (κ2) is 5.35. The number of rotatable bonds is 3. The Morgan fingerprint density at radius 1 is 1.37 bits per heavy atom. The molecule has 2 aromatic heterocycles. The van der Waals surface area contributed by atoms with Crippen molar-refractivity contribution in [1.29, 1.82) is 0 Å². The van der Waals surface area contributed by atoms with Crippen molar-refractivity contribution in [2.45, 2.75) is 12.8 Å². The van der Waals surface area contributed by atoms with Crippen molar-refractivity contribution in [3.8, 4) is 0 Å². The highest BCUT2D eigenvalue weighted by Crippen LogP contribution is 2.17. The third-order valence-electron chi connectivity index (χ3n) is 3.68. The van der Waals surface area contributed by atoms with Gasteiger partial charge in [-0.3, -0.25) is 0 Å². The van der Waals surface area contributed by atoms with Crippen LogP contribution in [0.5, 0.6) is 0 Å². The summed E-state index contributed by atoms with van der Waals surface area (Å²) in [5.41, 5.74) is 0.815. The molecule has 102 valence electrons. The average Bonchev–Trinajstić information content (AvgIpc) is 2.80. The molecule has 1 saturated heterocycles. The zero-order valence-electron chi connectivity index (χ0n) is 11.0.